The molecule has 2 aromatic rings. The van der Waals surface area contributed by atoms with Crippen LogP contribution in [0.4, 0.5) is 0 Å². The van der Waals surface area contributed by atoms with E-state index in [1.807, 2.05) is 6.92 Å². The molecule has 18 heavy (non-hydrogen) atoms. The predicted molar refractivity (Wildman–Crippen MR) is 79.2 cm³/mol. The van der Waals surface area contributed by atoms with Crippen molar-refractivity contribution >= 4 is 22.7 Å². The third-order valence-corrected chi connectivity index (χ3v) is 6.07. The summed E-state index contributed by atoms with van der Waals surface area (Å²) in [7, 11) is 0. The molecule has 1 fully saturated rings. The van der Waals surface area contributed by atoms with Gasteiger partial charge in [-0.05, 0) is 48.6 Å². The molecule has 0 bridgehead atoms. The summed E-state index contributed by atoms with van der Waals surface area (Å²) in [5.74, 6) is 0.422. The molecular formula is C15H18OS2. The molecule has 1 atom stereocenters. The molecular weight excluding hydrogens is 260 g/mol. The molecule has 1 aliphatic rings. The van der Waals surface area contributed by atoms with Crippen LogP contribution in [-0.4, -0.2) is 5.11 Å². The van der Waals surface area contributed by atoms with Gasteiger partial charge in [-0.3, -0.25) is 0 Å². The molecule has 0 saturated heterocycles. The molecule has 2 heterocycles. The van der Waals surface area contributed by atoms with Gasteiger partial charge in [0.25, 0.3) is 0 Å². The van der Waals surface area contributed by atoms with Crippen LogP contribution in [0, 0.1) is 5.92 Å². The molecule has 1 nitrogen and oxygen atoms in total. The van der Waals surface area contributed by atoms with E-state index < -0.39 is 5.60 Å². The molecule has 1 saturated carbocycles. The molecule has 0 amide bonds. The van der Waals surface area contributed by atoms with Gasteiger partial charge < -0.3 is 5.11 Å². The van der Waals surface area contributed by atoms with Crippen molar-refractivity contribution in [2.45, 2.75) is 38.2 Å². The Kier molecular flexibility index (Phi) is 3.31. The monoisotopic (exact) mass is 278 g/mol. The summed E-state index contributed by atoms with van der Waals surface area (Å²) in [5.41, 5.74) is 0.456. The molecule has 1 aliphatic carbocycles. The van der Waals surface area contributed by atoms with Crippen molar-refractivity contribution in [3.63, 3.8) is 0 Å². The lowest BCUT2D eigenvalue weighted by Crippen LogP contribution is -2.30. The van der Waals surface area contributed by atoms with E-state index in [9.17, 15) is 5.11 Å². The van der Waals surface area contributed by atoms with Crippen molar-refractivity contribution in [2.75, 3.05) is 0 Å². The van der Waals surface area contributed by atoms with Gasteiger partial charge in [0.2, 0.25) is 0 Å². The van der Waals surface area contributed by atoms with Crippen LogP contribution in [0.3, 0.4) is 0 Å². The second kappa shape index (κ2) is 4.80. The average molecular weight is 278 g/mol. The SMILES string of the molecule is CC(O)(c1ccsc1-c1cccs1)C1CCCC1. The highest BCUT2D eigenvalue weighted by Crippen LogP contribution is 2.46. The second-order valence-electron chi connectivity index (χ2n) is 5.27. The van der Waals surface area contributed by atoms with E-state index in [1.54, 1.807) is 22.7 Å². The van der Waals surface area contributed by atoms with E-state index in [-0.39, 0.29) is 0 Å². The summed E-state index contributed by atoms with van der Waals surface area (Å²) < 4.78 is 0. The maximum absolute atomic E-state index is 11.0. The zero-order chi connectivity index (χ0) is 12.6. The normalized spacial score (nSPS) is 20.1. The standard InChI is InChI=1S/C15H18OS2/c1-15(16,11-5-2-3-6-11)12-8-10-18-14(12)13-7-4-9-17-13/h4,7-11,16H,2-3,5-6H2,1H3. The number of aliphatic hydroxyl groups is 1. The van der Waals surface area contributed by atoms with E-state index >= 15 is 0 Å². The van der Waals surface area contributed by atoms with E-state index in [0.29, 0.717) is 5.92 Å². The number of thiophene rings is 2. The first-order valence-electron chi connectivity index (χ1n) is 6.54. The van der Waals surface area contributed by atoms with Crippen molar-refractivity contribution in [3.05, 3.63) is 34.5 Å². The molecule has 3 rings (SSSR count). The highest BCUT2D eigenvalue weighted by atomic mass is 32.1. The molecule has 3 heteroatoms. The second-order valence-corrected chi connectivity index (χ2v) is 7.13. The molecule has 0 aromatic carbocycles. The van der Waals surface area contributed by atoms with Crippen LogP contribution >= 0.6 is 22.7 Å². The minimum Gasteiger partial charge on any atom is -0.385 e. The third kappa shape index (κ3) is 2.04. The number of rotatable bonds is 3. The summed E-state index contributed by atoms with van der Waals surface area (Å²) in [5, 5.41) is 15.2. The molecule has 2 aromatic heterocycles. The molecule has 1 unspecified atom stereocenters. The lowest BCUT2D eigenvalue weighted by molar-refractivity contribution is -0.00242. The minimum absolute atomic E-state index is 0.422. The van der Waals surface area contributed by atoms with Gasteiger partial charge in [-0.15, -0.1) is 22.7 Å². The lowest BCUT2D eigenvalue weighted by atomic mass is 9.82. The first-order chi connectivity index (χ1) is 8.69. The molecule has 0 radical (unpaired) electrons. The van der Waals surface area contributed by atoms with Crippen LogP contribution in [0.2, 0.25) is 0 Å². The Hall–Kier alpha value is -0.640. The summed E-state index contributed by atoms with van der Waals surface area (Å²) in [4.78, 5) is 2.53. The van der Waals surface area contributed by atoms with Crippen molar-refractivity contribution in [3.8, 4) is 9.75 Å². The summed E-state index contributed by atoms with van der Waals surface area (Å²) in [6, 6.07) is 6.33. The highest BCUT2D eigenvalue weighted by molar-refractivity contribution is 7.20. The maximum atomic E-state index is 11.0. The average Bonchev–Trinajstić information content (AvgIpc) is 3.11. The Morgan fingerprint density at radius 1 is 1.17 bits per heavy atom. The fourth-order valence-corrected chi connectivity index (χ4v) is 4.91. The lowest BCUT2D eigenvalue weighted by Gasteiger charge is -2.30. The van der Waals surface area contributed by atoms with Gasteiger partial charge in [-0.1, -0.05) is 18.9 Å². The van der Waals surface area contributed by atoms with Crippen LogP contribution in [0.25, 0.3) is 9.75 Å². The van der Waals surface area contributed by atoms with Crippen LogP contribution in [-0.2, 0) is 5.60 Å². The van der Waals surface area contributed by atoms with Gasteiger partial charge in [0.05, 0.1) is 10.5 Å². The smallest absolute Gasteiger partial charge is 0.0910 e. The molecule has 96 valence electrons. The van der Waals surface area contributed by atoms with E-state index in [1.165, 1.54) is 22.6 Å². The van der Waals surface area contributed by atoms with E-state index in [0.717, 1.165) is 18.4 Å². The summed E-state index contributed by atoms with van der Waals surface area (Å²) >= 11 is 3.50. The Morgan fingerprint density at radius 2 is 1.94 bits per heavy atom. The van der Waals surface area contributed by atoms with Crippen LogP contribution in [0.1, 0.15) is 38.2 Å². The van der Waals surface area contributed by atoms with Crippen molar-refractivity contribution < 1.29 is 5.11 Å². The third-order valence-electron chi connectivity index (χ3n) is 4.11. The van der Waals surface area contributed by atoms with Gasteiger partial charge in [-0.2, -0.15) is 0 Å². The van der Waals surface area contributed by atoms with Crippen molar-refractivity contribution in [1.82, 2.24) is 0 Å². The predicted octanol–water partition coefficient (Wildman–Crippen LogP) is 4.87. The Balaban J connectivity index is 1.99. The van der Waals surface area contributed by atoms with Gasteiger partial charge in [0, 0.05) is 10.4 Å². The number of hydrogen-bond acceptors (Lipinski definition) is 3. The van der Waals surface area contributed by atoms with Crippen LogP contribution in [0.5, 0.6) is 0 Å². The zero-order valence-corrected chi connectivity index (χ0v) is 12.2. The molecule has 0 spiro atoms. The fourth-order valence-electron chi connectivity index (χ4n) is 3.01. The summed E-state index contributed by atoms with van der Waals surface area (Å²) in [6.45, 7) is 2.00. The van der Waals surface area contributed by atoms with E-state index in [2.05, 4.69) is 29.0 Å². The van der Waals surface area contributed by atoms with Gasteiger partial charge >= 0.3 is 0 Å². The Bertz CT molecular complexity index is 504. The topological polar surface area (TPSA) is 20.2 Å². The van der Waals surface area contributed by atoms with Crippen molar-refractivity contribution in [1.29, 1.82) is 0 Å². The molecule has 0 aliphatic heterocycles. The maximum Gasteiger partial charge on any atom is 0.0910 e. The minimum atomic E-state index is -0.671. The summed E-state index contributed by atoms with van der Waals surface area (Å²) in [6.07, 6.45) is 4.85. The first kappa shape index (κ1) is 12.4. The highest BCUT2D eigenvalue weighted by Gasteiger charge is 2.37. The largest absolute Gasteiger partial charge is 0.385 e. The van der Waals surface area contributed by atoms with Gasteiger partial charge in [0.15, 0.2) is 0 Å². The quantitative estimate of drug-likeness (QED) is 0.849. The van der Waals surface area contributed by atoms with Gasteiger partial charge in [0.1, 0.15) is 0 Å². The van der Waals surface area contributed by atoms with Crippen LogP contribution < -0.4 is 0 Å². The van der Waals surface area contributed by atoms with E-state index in [4.69, 9.17) is 0 Å². The Morgan fingerprint density at radius 3 is 2.61 bits per heavy atom. The fraction of sp³-hybridized carbons (Fsp3) is 0.467. The van der Waals surface area contributed by atoms with Gasteiger partial charge in [-0.25, -0.2) is 0 Å². The van der Waals surface area contributed by atoms with Crippen molar-refractivity contribution in [2.24, 2.45) is 5.92 Å². The molecule has 1 N–H and O–H groups in total. The zero-order valence-electron chi connectivity index (χ0n) is 10.6. The Labute approximate surface area is 116 Å². The first-order valence-corrected chi connectivity index (χ1v) is 8.30. The van der Waals surface area contributed by atoms with Crippen LogP contribution in [0.15, 0.2) is 29.0 Å². The number of hydrogen-bond donors (Lipinski definition) is 1.